The summed E-state index contributed by atoms with van der Waals surface area (Å²) in [4.78, 5) is 12.2. The number of hydrogen-bond donors (Lipinski definition) is 1. The van der Waals surface area contributed by atoms with Crippen LogP contribution in [0, 0.1) is 12.7 Å². The molecule has 1 unspecified atom stereocenters. The van der Waals surface area contributed by atoms with E-state index in [0.29, 0.717) is 22.7 Å². The maximum atomic E-state index is 13.6. The van der Waals surface area contributed by atoms with Crippen molar-refractivity contribution in [2.24, 2.45) is 0 Å². The highest BCUT2D eigenvalue weighted by Gasteiger charge is 2.20. The standard InChI is InChI=1S/C21H19FN2O3/c1-12-3-5-16(9-18(12)22)23-21(25)11-17-10-20(27-24-17)14-4-6-19-15(8-14)7-13(2)26-19/h3-6,8-10,13H,7,11H2,1-2H3,(H,23,25). The highest BCUT2D eigenvalue weighted by Crippen LogP contribution is 2.33. The third-order valence-corrected chi connectivity index (χ3v) is 4.54. The van der Waals surface area contributed by atoms with Crippen molar-refractivity contribution in [2.45, 2.75) is 32.8 Å². The van der Waals surface area contributed by atoms with Gasteiger partial charge in [-0.25, -0.2) is 4.39 Å². The number of aromatic nitrogens is 1. The molecule has 138 valence electrons. The monoisotopic (exact) mass is 366 g/mol. The number of aryl methyl sites for hydroxylation is 1. The maximum absolute atomic E-state index is 13.6. The molecule has 0 spiro atoms. The number of anilines is 1. The van der Waals surface area contributed by atoms with Gasteiger partial charge in [0, 0.05) is 23.7 Å². The molecule has 5 nitrogen and oxygen atoms in total. The number of nitrogens with one attached hydrogen (secondary N) is 1. The number of carbonyl (C=O) groups excluding carboxylic acids is 1. The first kappa shape index (κ1) is 17.3. The van der Waals surface area contributed by atoms with Gasteiger partial charge < -0.3 is 14.6 Å². The summed E-state index contributed by atoms with van der Waals surface area (Å²) in [6, 6.07) is 12.2. The highest BCUT2D eigenvalue weighted by atomic mass is 19.1. The molecular formula is C21H19FN2O3. The van der Waals surface area contributed by atoms with E-state index >= 15 is 0 Å². The number of carbonyl (C=O) groups is 1. The molecule has 0 radical (unpaired) electrons. The fourth-order valence-corrected chi connectivity index (χ4v) is 3.15. The van der Waals surface area contributed by atoms with Gasteiger partial charge in [-0.1, -0.05) is 11.2 Å². The van der Waals surface area contributed by atoms with E-state index in [1.54, 1.807) is 25.1 Å². The molecule has 1 aliphatic rings. The molecule has 2 heterocycles. The Morgan fingerprint density at radius 3 is 2.93 bits per heavy atom. The molecule has 0 saturated heterocycles. The molecule has 0 saturated carbocycles. The van der Waals surface area contributed by atoms with Gasteiger partial charge in [-0.2, -0.15) is 0 Å². The van der Waals surface area contributed by atoms with Crippen LogP contribution in [0.5, 0.6) is 5.75 Å². The van der Waals surface area contributed by atoms with Crippen molar-refractivity contribution in [3.63, 3.8) is 0 Å². The van der Waals surface area contributed by atoms with Gasteiger partial charge in [0.25, 0.3) is 0 Å². The van der Waals surface area contributed by atoms with Gasteiger partial charge in [-0.15, -0.1) is 0 Å². The Kier molecular flexibility index (Phi) is 4.39. The molecule has 2 aromatic carbocycles. The van der Waals surface area contributed by atoms with Crippen molar-refractivity contribution in [1.29, 1.82) is 0 Å². The van der Waals surface area contributed by atoms with Crippen LogP contribution < -0.4 is 10.1 Å². The minimum Gasteiger partial charge on any atom is -0.490 e. The summed E-state index contributed by atoms with van der Waals surface area (Å²) in [5, 5.41) is 6.64. The van der Waals surface area contributed by atoms with Crippen molar-refractivity contribution in [1.82, 2.24) is 5.16 Å². The predicted octanol–water partition coefficient (Wildman–Crippen LogP) is 4.29. The second-order valence-corrected chi connectivity index (χ2v) is 6.83. The first-order chi connectivity index (χ1) is 13.0. The van der Waals surface area contributed by atoms with Crippen molar-refractivity contribution in [3.05, 3.63) is 65.1 Å². The Morgan fingerprint density at radius 2 is 2.11 bits per heavy atom. The number of hydrogen-bond acceptors (Lipinski definition) is 4. The number of nitrogens with zero attached hydrogens (tertiary/aromatic N) is 1. The van der Waals surface area contributed by atoms with Crippen LogP contribution >= 0.6 is 0 Å². The lowest BCUT2D eigenvalue weighted by Crippen LogP contribution is -2.14. The molecule has 3 aromatic rings. The van der Waals surface area contributed by atoms with E-state index in [2.05, 4.69) is 10.5 Å². The second-order valence-electron chi connectivity index (χ2n) is 6.83. The van der Waals surface area contributed by atoms with E-state index in [1.165, 1.54) is 6.07 Å². The SMILES string of the molecule is Cc1ccc(NC(=O)Cc2cc(-c3ccc4c(c3)CC(C)O4)on2)cc1F. The van der Waals surface area contributed by atoms with Gasteiger partial charge in [0.05, 0.1) is 12.1 Å². The smallest absolute Gasteiger partial charge is 0.230 e. The predicted molar refractivity (Wildman–Crippen MR) is 99.2 cm³/mol. The lowest BCUT2D eigenvalue weighted by Gasteiger charge is -2.05. The molecule has 1 aliphatic heterocycles. The van der Waals surface area contributed by atoms with Crippen LogP contribution in [-0.2, 0) is 17.6 Å². The molecule has 4 rings (SSSR count). The summed E-state index contributed by atoms with van der Waals surface area (Å²) >= 11 is 0. The van der Waals surface area contributed by atoms with E-state index < -0.39 is 0 Å². The van der Waals surface area contributed by atoms with Crippen LogP contribution in [0.4, 0.5) is 10.1 Å². The van der Waals surface area contributed by atoms with Crippen LogP contribution in [0.2, 0.25) is 0 Å². The summed E-state index contributed by atoms with van der Waals surface area (Å²) in [6.07, 6.45) is 1.08. The normalized spacial score (nSPS) is 15.3. The first-order valence-electron chi connectivity index (χ1n) is 8.79. The number of fused-ring (bicyclic) bond motifs is 1. The van der Waals surface area contributed by atoms with Crippen LogP contribution in [-0.4, -0.2) is 17.2 Å². The van der Waals surface area contributed by atoms with E-state index in [0.717, 1.165) is 23.3 Å². The van der Waals surface area contributed by atoms with Crippen molar-refractivity contribution in [2.75, 3.05) is 5.32 Å². The zero-order valence-corrected chi connectivity index (χ0v) is 15.1. The Bertz CT molecular complexity index is 1010. The lowest BCUT2D eigenvalue weighted by molar-refractivity contribution is -0.115. The number of amides is 1. The molecule has 1 N–H and O–H groups in total. The van der Waals surface area contributed by atoms with Gasteiger partial charge in [0.15, 0.2) is 5.76 Å². The Balaban J connectivity index is 1.44. The zero-order chi connectivity index (χ0) is 19.0. The second kappa shape index (κ2) is 6.87. The molecule has 27 heavy (non-hydrogen) atoms. The summed E-state index contributed by atoms with van der Waals surface area (Å²) in [5.41, 5.74) is 3.49. The van der Waals surface area contributed by atoms with Crippen LogP contribution in [0.3, 0.4) is 0 Å². The quantitative estimate of drug-likeness (QED) is 0.748. The molecule has 1 aromatic heterocycles. The number of halogens is 1. The number of ether oxygens (including phenoxy) is 1. The van der Waals surface area contributed by atoms with Crippen molar-refractivity contribution >= 4 is 11.6 Å². The average Bonchev–Trinajstić information content (AvgIpc) is 3.22. The maximum Gasteiger partial charge on any atom is 0.230 e. The third kappa shape index (κ3) is 3.69. The van der Waals surface area contributed by atoms with Gasteiger partial charge in [0.2, 0.25) is 5.91 Å². The Morgan fingerprint density at radius 1 is 1.26 bits per heavy atom. The minimum atomic E-state index is -0.355. The van der Waals surface area contributed by atoms with Gasteiger partial charge in [0.1, 0.15) is 17.7 Å². The molecular weight excluding hydrogens is 347 g/mol. The first-order valence-corrected chi connectivity index (χ1v) is 8.79. The molecule has 1 atom stereocenters. The molecule has 0 aliphatic carbocycles. The summed E-state index contributed by atoms with van der Waals surface area (Å²) in [7, 11) is 0. The fraction of sp³-hybridized carbons (Fsp3) is 0.238. The minimum absolute atomic E-state index is 0.0457. The summed E-state index contributed by atoms with van der Waals surface area (Å²) in [6.45, 7) is 3.70. The van der Waals surface area contributed by atoms with E-state index in [1.807, 2.05) is 25.1 Å². The summed E-state index contributed by atoms with van der Waals surface area (Å²) < 4.78 is 24.7. The number of rotatable bonds is 4. The van der Waals surface area contributed by atoms with Crippen LogP contribution in [0.15, 0.2) is 47.0 Å². The van der Waals surface area contributed by atoms with E-state index in [4.69, 9.17) is 9.26 Å². The van der Waals surface area contributed by atoms with Crippen LogP contribution in [0.1, 0.15) is 23.7 Å². The zero-order valence-electron chi connectivity index (χ0n) is 15.1. The van der Waals surface area contributed by atoms with E-state index in [-0.39, 0.29) is 24.2 Å². The number of benzene rings is 2. The summed E-state index contributed by atoms with van der Waals surface area (Å²) in [5.74, 6) is 0.859. The lowest BCUT2D eigenvalue weighted by atomic mass is 10.1. The fourth-order valence-electron chi connectivity index (χ4n) is 3.15. The molecule has 0 bridgehead atoms. The van der Waals surface area contributed by atoms with Crippen molar-refractivity contribution < 1.29 is 18.4 Å². The van der Waals surface area contributed by atoms with Gasteiger partial charge in [-0.05, 0) is 55.3 Å². The van der Waals surface area contributed by atoms with Gasteiger partial charge >= 0.3 is 0 Å². The molecule has 1 amide bonds. The Hall–Kier alpha value is -3.15. The molecule has 6 heteroatoms. The average molecular weight is 366 g/mol. The Labute approximate surface area is 156 Å². The topological polar surface area (TPSA) is 64.4 Å². The van der Waals surface area contributed by atoms with Gasteiger partial charge in [-0.3, -0.25) is 4.79 Å². The highest BCUT2D eigenvalue weighted by molar-refractivity contribution is 5.92. The largest absolute Gasteiger partial charge is 0.490 e. The van der Waals surface area contributed by atoms with Crippen molar-refractivity contribution in [3.8, 4) is 17.1 Å². The van der Waals surface area contributed by atoms with E-state index in [9.17, 15) is 9.18 Å². The third-order valence-electron chi connectivity index (χ3n) is 4.54. The molecule has 0 fully saturated rings. The van der Waals surface area contributed by atoms with Crippen LogP contribution in [0.25, 0.3) is 11.3 Å².